The number of hydrogen-bond donors (Lipinski definition) is 0. The molecule has 4 rings (SSSR count). The number of carbonyl (C=O) groups excluding carboxylic acids is 3. The average Bonchev–Trinajstić information content (AvgIpc) is 3.29. The van der Waals surface area contributed by atoms with E-state index in [4.69, 9.17) is 0 Å². The fraction of sp³-hybridized carbons (Fsp3) is 0.300. The third kappa shape index (κ3) is 5.82. The van der Waals surface area contributed by atoms with Crippen molar-refractivity contribution in [3.63, 3.8) is 0 Å². The summed E-state index contributed by atoms with van der Waals surface area (Å²) in [6.07, 6.45) is 1.70. The van der Waals surface area contributed by atoms with E-state index in [0.29, 0.717) is 6.54 Å². The van der Waals surface area contributed by atoms with Crippen molar-refractivity contribution in [1.82, 2.24) is 9.80 Å². The van der Waals surface area contributed by atoms with Crippen LogP contribution in [0.25, 0.3) is 0 Å². The first-order valence-corrected chi connectivity index (χ1v) is 12.5. The minimum Gasteiger partial charge on any atom is -0.333 e. The van der Waals surface area contributed by atoms with Crippen LogP contribution in [0, 0.1) is 6.92 Å². The number of hydrogen-bond acceptors (Lipinski definition) is 3. The number of carbonyl (C=O) groups is 3. The molecule has 0 bridgehead atoms. The second-order valence-corrected chi connectivity index (χ2v) is 9.26. The van der Waals surface area contributed by atoms with Crippen molar-refractivity contribution in [2.24, 2.45) is 0 Å². The monoisotopic (exact) mass is 483 g/mol. The van der Waals surface area contributed by atoms with Gasteiger partial charge in [0.25, 0.3) is 0 Å². The van der Waals surface area contributed by atoms with Crippen LogP contribution in [0.4, 0.5) is 5.69 Å². The maximum Gasteiger partial charge on any atom is 0.248 e. The lowest BCUT2D eigenvalue weighted by Gasteiger charge is -2.29. The Bertz CT molecular complexity index is 1160. The maximum absolute atomic E-state index is 14.0. The predicted molar refractivity (Wildman–Crippen MR) is 141 cm³/mol. The van der Waals surface area contributed by atoms with Gasteiger partial charge in [-0.3, -0.25) is 19.3 Å². The molecule has 3 amide bonds. The third-order valence-corrected chi connectivity index (χ3v) is 6.54. The van der Waals surface area contributed by atoms with Gasteiger partial charge in [-0.2, -0.15) is 0 Å². The molecule has 6 nitrogen and oxygen atoms in total. The molecule has 6 heteroatoms. The van der Waals surface area contributed by atoms with Crippen LogP contribution < -0.4 is 4.90 Å². The first kappa shape index (κ1) is 25.2. The highest BCUT2D eigenvalue weighted by molar-refractivity contribution is 6.00. The van der Waals surface area contributed by atoms with Crippen molar-refractivity contribution in [3.05, 3.63) is 102 Å². The van der Waals surface area contributed by atoms with Gasteiger partial charge in [0.2, 0.25) is 17.7 Å². The van der Waals surface area contributed by atoms with Crippen LogP contribution in [0.2, 0.25) is 0 Å². The highest BCUT2D eigenvalue weighted by Crippen LogP contribution is 2.27. The molecule has 0 saturated carbocycles. The lowest BCUT2D eigenvalue weighted by molar-refractivity contribution is -0.140. The van der Waals surface area contributed by atoms with Crippen molar-refractivity contribution >= 4 is 23.4 Å². The number of rotatable bonds is 9. The van der Waals surface area contributed by atoms with Crippen LogP contribution in [-0.4, -0.2) is 53.8 Å². The Balaban J connectivity index is 1.54. The molecule has 0 radical (unpaired) electrons. The summed E-state index contributed by atoms with van der Waals surface area (Å²) in [6.45, 7) is 4.68. The van der Waals surface area contributed by atoms with Gasteiger partial charge in [-0.15, -0.1) is 0 Å². The number of nitrogens with zero attached hydrogens (tertiary/aromatic N) is 3. The molecule has 0 spiro atoms. The summed E-state index contributed by atoms with van der Waals surface area (Å²) in [5, 5.41) is 0. The molecule has 0 atom stereocenters. The van der Waals surface area contributed by atoms with Crippen LogP contribution in [0.3, 0.4) is 0 Å². The minimum absolute atomic E-state index is 0.0172. The standard InChI is InChI=1S/C30H33N3O3/c1-3-4-18-31(30(36)29(24-13-7-5-8-14-24)25-15-9-6-10-16-25)20-27(34)32-21-28(35)33(22-32)26-17-11-12-23(2)19-26/h5-17,19,29H,3-4,18,20-22H2,1-2H3. The lowest BCUT2D eigenvalue weighted by atomic mass is 9.90. The first-order chi connectivity index (χ1) is 17.5. The molecule has 0 unspecified atom stereocenters. The SMILES string of the molecule is CCCCN(CC(=O)N1CC(=O)N(c2cccc(C)c2)C1)C(=O)C(c1ccccc1)c1ccccc1. The van der Waals surface area contributed by atoms with E-state index >= 15 is 0 Å². The molecule has 186 valence electrons. The van der Waals surface area contributed by atoms with Gasteiger partial charge in [0.15, 0.2) is 0 Å². The normalized spacial score (nSPS) is 13.4. The van der Waals surface area contributed by atoms with E-state index < -0.39 is 5.92 Å². The number of benzene rings is 3. The summed E-state index contributed by atoms with van der Waals surface area (Å²) in [4.78, 5) is 44.9. The molecular weight excluding hydrogens is 450 g/mol. The summed E-state index contributed by atoms with van der Waals surface area (Å²) >= 11 is 0. The zero-order valence-electron chi connectivity index (χ0n) is 21.0. The summed E-state index contributed by atoms with van der Waals surface area (Å²) in [5.41, 5.74) is 3.62. The summed E-state index contributed by atoms with van der Waals surface area (Å²) in [5.74, 6) is -0.939. The van der Waals surface area contributed by atoms with Gasteiger partial charge >= 0.3 is 0 Å². The smallest absolute Gasteiger partial charge is 0.248 e. The molecule has 1 heterocycles. The predicted octanol–water partition coefficient (Wildman–Crippen LogP) is 4.59. The topological polar surface area (TPSA) is 60.9 Å². The quantitative estimate of drug-likeness (QED) is 0.447. The molecule has 1 aliphatic heterocycles. The number of anilines is 1. The second kappa shape index (κ2) is 11.7. The van der Waals surface area contributed by atoms with E-state index in [9.17, 15) is 14.4 Å². The van der Waals surface area contributed by atoms with Crippen molar-refractivity contribution < 1.29 is 14.4 Å². The van der Waals surface area contributed by atoms with Gasteiger partial charge in [0.1, 0.15) is 13.2 Å². The highest BCUT2D eigenvalue weighted by atomic mass is 16.2. The van der Waals surface area contributed by atoms with Crippen molar-refractivity contribution in [2.45, 2.75) is 32.6 Å². The van der Waals surface area contributed by atoms with Gasteiger partial charge in [0.05, 0.1) is 12.5 Å². The van der Waals surface area contributed by atoms with E-state index in [-0.39, 0.29) is 37.5 Å². The fourth-order valence-corrected chi connectivity index (χ4v) is 4.57. The molecule has 3 aromatic rings. The van der Waals surface area contributed by atoms with Crippen LogP contribution in [-0.2, 0) is 14.4 Å². The Hall–Kier alpha value is -3.93. The molecule has 0 N–H and O–H groups in total. The summed E-state index contributed by atoms with van der Waals surface area (Å²) in [6, 6.07) is 27.1. The van der Waals surface area contributed by atoms with E-state index in [1.54, 1.807) is 9.80 Å². The molecule has 1 aliphatic rings. The molecule has 36 heavy (non-hydrogen) atoms. The van der Waals surface area contributed by atoms with Gasteiger partial charge in [0, 0.05) is 12.2 Å². The Morgan fingerprint density at radius 2 is 1.56 bits per heavy atom. The highest BCUT2D eigenvalue weighted by Gasteiger charge is 2.34. The number of unbranched alkanes of at least 4 members (excludes halogenated alkanes) is 1. The number of aryl methyl sites for hydroxylation is 1. The van der Waals surface area contributed by atoms with Crippen LogP contribution in [0.5, 0.6) is 0 Å². The van der Waals surface area contributed by atoms with E-state index in [2.05, 4.69) is 6.92 Å². The first-order valence-electron chi connectivity index (χ1n) is 12.5. The van der Waals surface area contributed by atoms with Crippen molar-refractivity contribution in [2.75, 3.05) is 31.2 Å². The van der Waals surface area contributed by atoms with Gasteiger partial charge in [-0.05, 0) is 42.2 Å². The summed E-state index contributed by atoms with van der Waals surface area (Å²) in [7, 11) is 0. The largest absolute Gasteiger partial charge is 0.333 e. The Labute approximate surface area is 213 Å². The fourth-order valence-electron chi connectivity index (χ4n) is 4.57. The van der Waals surface area contributed by atoms with Crippen molar-refractivity contribution in [1.29, 1.82) is 0 Å². The van der Waals surface area contributed by atoms with E-state index in [1.807, 2.05) is 91.9 Å². The minimum atomic E-state index is -0.499. The van der Waals surface area contributed by atoms with Gasteiger partial charge in [-0.1, -0.05) is 86.1 Å². The van der Waals surface area contributed by atoms with Gasteiger partial charge in [-0.25, -0.2) is 0 Å². The number of amides is 3. The third-order valence-electron chi connectivity index (χ3n) is 6.54. The molecular formula is C30H33N3O3. The zero-order chi connectivity index (χ0) is 25.5. The Kier molecular flexibility index (Phi) is 8.16. The molecule has 1 fully saturated rings. The Morgan fingerprint density at radius 3 is 2.14 bits per heavy atom. The zero-order valence-corrected chi connectivity index (χ0v) is 21.0. The molecule has 0 aliphatic carbocycles. The average molecular weight is 484 g/mol. The summed E-state index contributed by atoms with van der Waals surface area (Å²) < 4.78 is 0. The van der Waals surface area contributed by atoms with Crippen molar-refractivity contribution in [3.8, 4) is 0 Å². The second-order valence-electron chi connectivity index (χ2n) is 9.26. The lowest BCUT2D eigenvalue weighted by Crippen LogP contribution is -2.45. The molecule has 1 saturated heterocycles. The molecule has 3 aromatic carbocycles. The molecule has 0 aromatic heterocycles. The van der Waals surface area contributed by atoms with E-state index in [1.165, 1.54) is 4.90 Å². The van der Waals surface area contributed by atoms with Crippen LogP contribution >= 0.6 is 0 Å². The van der Waals surface area contributed by atoms with Crippen LogP contribution in [0.15, 0.2) is 84.9 Å². The van der Waals surface area contributed by atoms with Crippen LogP contribution in [0.1, 0.15) is 42.4 Å². The van der Waals surface area contributed by atoms with Gasteiger partial charge < -0.3 is 9.80 Å². The maximum atomic E-state index is 14.0. The Morgan fingerprint density at radius 1 is 0.917 bits per heavy atom. The van der Waals surface area contributed by atoms with E-state index in [0.717, 1.165) is 35.2 Å².